The molecule has 5 nitrogen and oxygen atoms in total. The number of hydrogen-bond acceptors (Lipinski definition) is 5. The Kier molecular flexibility index (Phi) is 5.46. The summed E-state index contributed by atoms with van der Waals surface area (Å²) in [6, 6.07) is 12.1. The van der Waals surface area contributed by atoms with Crippen molar-refractivity contribution in [2.24, 2.45) is 0 Å². The van der Waals surface area contributed by atoms with Crippen LogP contribution in [0, 0.1) is 0 Å². The van der Waals surface area contributed by atoms with Crippen LogP contribution in [0.3, 0.4) is 0 Å². The number of nitrogen functional groups attached to an aromatic ring is 1. The fourth-order valence-corrected chi connectivity index (χ4v) is 2.25. The van der Waals surface area contributed by atoms with E-state index in [1.807, 2.05) is 6.92 Å². The van der Waals surface area contributed by atoms with Gasteiger partial charge in [-0.05, 0) is 36.8 Å². The van der Waals surface area contributed by atoms with Gasteiger partial charge in [-0.3, -0.25) is 4.79 Å². The Hall–Kier alpha value is -2.69. The molecule has 122 valence electrons. The Morgan fingerprint density at radius 2 is 1.83 bits per heavy atom. The van der Waals surface area contributed by atoms with E-state index in [0.29, 0.717) is 34.9 Å². The third-order valence-corrected chi connectivity index (χ3v) is 3.47. The molecule has 0 spiro atoms. The van der Waals surface area contributed by atoms with Gasteiger partial charge in [0.15, 0.2) is 17.6 Å². The minimum atomic E-state index is -0.588. The maximum absolute atomic E-state index is 12.7. The summed E-state index contributed by atoms with van der Waals surface area (Å²) >= 11 is 0. The highest BCUT2D eigenvalue weighted by atomic mass is 16.5. The largest absolute Gasteiger partial charge is 0.493 e. The number of ether oxygens (including phenoxy) is 3. The smallest absolute Gasteiger partial charge is 0.203 e. The summed E-state index contributed by atoms with van der Waals surface area (Å²) in [6.07, 6.45) is -0.0444. The van der Waals surface area contributed by atoms with Crippen molar-refractivity contribution in [3.8, 4) is 17.2 Å². The van der Waals surface area contributed by atoms with Crippen molar-refractivity contribution in [3.05, 3.63) is 48.0 Å². The molecule has 0 saturated carbocycles. The Bertz CT molecular complexity index is 684. The number of Topliss-reactive ketones (excluding diaryl/α,β-unsaturated/α-hetero) is 1. The van der Waals surface area contributed by atoms with E-state index in [2.05, 4.69) is 0 Å². The molecule has 0 aliphatic carbocycles. The molecule has 0 heterocycles. The zero-order valence-corrected chi connectivity index (χ0v) is 13.5. The fraction of sp³-hybridized carbons (Fsp3) is 0.278. The Morgan fingerprint density at radius 3 is 2.43 bits per heavy atom. The zero-order chi connectivity index (χ0) is 16.8. The first-order chi connectivity index (χ1) is 11.1. The summed E-state index contributed by atoms with van der Waals surface area (Å²) in [5, 5.41) is 0. The van der Waals surface area contributed by atoms with Gasteiger partial charge in [0.25, 0.3) is 0 Å². The number of rotatable bonds is 7. The maximum atomic E-state index is 12.7. The highest BCUT2D eigenvalue weighted by Crippen LogP contribution is 2.28. The summed E-state index contributed by atoms with van der Waals surface area (Å²) < 4.78 is 16.2. The Morgan fingerprint density at radius 1 is 1.09 bits per heavy atom. The number of nitrogens with two attached hydrogens (primary N) is 1. The third-order valence-electron chi connectivity index (χ3n) is 3.47. The molecule has 0 saturated heterocycles. The highest BCUT2D eigenvalue weighted by Gasteiger charge is 2.21. The fourth-order valence-electron chi connectivity index (χ4n) is 2.25. The molecule has 0 amide bonds. The average molecular weight is 315 g/mol. The number of carbonyl (C=O) groups is 1. The second-order valence-corrected chi connectivity index (χ2v) is 5.02. The molecule has 23 heavy (non-hydrogen) atoms. The number of hydrogen-bond donors (Lipinski definition) is 1. The standard InChI is InChI=1S/C18H21NO4/c1-4-15(23-14-7-5-6-13(19)11-14)18(20)12-8-9-16(21-2)17(10-12)22-3/h5-11,15H,4,19H2,1-3H3. The van der Waals surface area contributed by atoms with Crippen molar-refractivity contribution in [2.45, 2.75) is 19.4 Å². The molecule has 2 aromatic rings. The normalized spacial score (nSPS) is 11.6. The monoisotopic (exact) mass is 315 g/mol. The Labute approximate surface area is 136 Å². The number of methoxy groups -OCH3 is 2. The van der Waals surface area contributed by atoms with Gasteiger partial charge in [0.05, 0.1) is 14.2 Å². The molecule has 0 aliphatic heterocycles. The lowest BCUT2D eigenvalue weighted by atomic mass is 10.0. The van der Waals surface area contributed by atoms with Crippen LogP contribution in [0.25, 0.3) is 0 Å². The lowest BCUT2D eigenvalue weighted by Gasteiger charge is -2.17. The topological polar surface area (TPSA) is 70.8 Å². The quantitative estimate of drug-likeness (QED) is 0.627. The second-order valence-electron chi connectivity index (χ2n) is 5.02. The van der Waals surface area contributed by atoms with Crippen LogP contribution in [0.1, 0.15) is 23.7 Å². The summed E-state index contributed by atoms with van der Waals surface area (Å²) in [5.74, 6) is 1.55. The molecule has 2 aromatic carbocycles. The summed E-state index contributed by atoms with van der Waals surface area (Å²) in [5.41, 5.74) is 6.84. The van der Waals surface area contributed by atoms with Crippen molar-refractivity contribution in [3.63, 3.8) is 0 Å². The lowest BCUT2D eigenvalue weighted by Crippen LogP contribution is -2.26. The first-order valence-corrected chi connectivity index (χ1v) is 7.37. The van der Waals surface area contributed by atoms with Gasteiger partial charge in [-0.1, -0.05) is 13.0 Å². The first-order valence-electron chi connectivity index (χ1n) is 7.37. The van der Waals surface area contributed by atoms with Crippen LogP contribution in [0.4, 0.5) is 5.69 Å². The second kappa shape index (κ2) is 7.54. The molecule has 0 radical (unpaired) electrons. The van der Waals surface area contributed by atoms with Crippen LogP contribution in [0.5, 0.6) is 17.2 Å². The number of benzene rings is 2. The maximum Gasteiger partial charge on any atom is 0.203 e. The van der Waals surface area contributed by atoms with E-state index >= 15 is 0 Å². The Balaban J connectivity index is 2.22. The van der Waals surface area contributed by atoms with Crippen LogP contribution in [-0.2, 0) is 0 Å². The number of carbonyl (C=O) groups excluding carboxylic acids is 1. The predicted molar refractivity (Wildman–Crippen MR) is 89.4 cm³/mol. The molecular formula is C18H21NO4. The molecular weight excluding hydrogens is 294 g/mol. The minimum absolute atomic E-state index is 0.115. The minimum Gasteiger partial charge on any atom is -0.493 e. The van der Waals surface area contributed by atoms with Crippen LogP contribution < -0.4 is 19.9 Å². The number of ketones is 1. The van der Waals surface area contributed by atoms with E-state index in [0.717, 1.165) is 0 Å². The highest BCUT2D eigenvalue weighted by molar-refractivity contribution is 6.00. The summed E-state index contributed by atoms with van der Waals surface area (Å²) in [7, 11) is 3.09. The van der Waals surface area contributed by atoms with Gasteiger partial charge in [0, 0.05) is 17.3 Å². The molecule has 2 N–H and O–H groups in total. The van der Waals surface area contributed by atoms with E-state index in [4.69, 9.17) is 19.9 Å². The van der Waals surface area contributed by atoms with Crippen molar-refractivity contribution < 1.29 is 19.0 Å². The zero-order valence-electron chi connectivity index (χ0n) is 13.5. The SMILES string of the molecule is CCC(Oc1cccc(N)c1)C(=O)c1ccc(OC)c(OC)c1. The van der Waals surface area contributed by atoms with Gasteiger partial charge < -0.3 is 19.9 Å². The van der Waals surface area contributed by atoms with Crippen molar-refractivity contribution >= 4 is 11.5 Å². The third kappa shape index (κ3) is 3.94. The van der Waals surface area contributed by atoms with E-state index in [9.17, 15) is 4.79 Å². The molecule has 0 aromatic heterocycles. The summed E-state index contributed by atoms with van der Waals surface area (Å²) in [4.78, 5) is 12.7. The lowest BCUT2D eigenvalue weighted by molar-refractivity contribution is 0.0786. The van der Waals surface area contributed by atoms with Gasteiger partial charge in [0.1, 0.15) is 5.75 Å². The van der Waals surface area contributed by atoms with Crippen molar-refractivity contribution in [2.75, 3.05) is 20.0 Å². The molecule has 1 unspecified atom stereocenters. The van der Waals surface area contributed by atoms with E-state index in [1.165, 1.54) is 7.11 Å². The summed E-state index contributed by atoms with van der Waals surface area (Å²) in [6.45, 7) is 1.90. The van der Waals surface area contributed by atoms with Crippen LogP contribution >= 0.6 is 0 Å². The molecule has 0 aliphatic rings. The van der Waals surface area contributed by atoms with Crippen molar-refractivity contribution in [1.29, 1.82) is 0 Å². The number of anilines is 1. The van der Waals surface area contributed by atoms with Crippen LogP contribution in [0.15, 0.2) is 42.5 Å². The van der Waals surface area contributed by atoms with Gasteiger partial charge >= 0.3 is 0 Å². The van der Waals surface area contributed by atoms with E-state index in [1.54, 1.807) is 49.6 Å². The molecule has 0 bridgehead atoms. The average Bonchev–Trinajstić information content (AvgIpc) is 2.58. The molecule has 0 fully saturated rings. The van der Waals surface area contributed by atoms with Gasteiger partial charge in [-0.25, -0.2) is 0 Å². The van der Waals surface area contributed by atoms with E-state index < -0.39 is 6.10 Å². The first kappa shape index (κ1) is 16.7. The predicted octanol–water partition coefficient (Wildman–Crippen LogP) is 3.33. The molecule has 5 heteroatoms. The van der Waals surface area contributed by atoms with Gasteiger partial charge in [-0.2, -0.15) is 0 Å². The molecule has 2 rings (SSSR count). The molecule has 1 atom stereocenters. The van der Waals surface area contributed by atoms with Gasteiger partial charge in [-0.15, -0.1) is 0 Å². The van der Waals surface area contributed by atoms with E-state index in [-0.39, 0.29) is 5.78 Å². The van der Waals surface area contributed by atoms with Crippen molar-refractivity contribution in [1.82, 2.24) is 0 Å². The van der Waals surface area contributed by atoms with Gasteiger partial charge in [0.2, 0.25) is 5.78 Å². The van der Waals surface area contributed by atoms with Crippen LogP contribution in [0.2, 0.25) is 0 Å². The van der Waals surface area contributed by atoms with Crippen LogP contribution in [-0.4, -0.2) is 26.1 Å².